The van der Waals surface area contributed by atoms with E-state index in [0.29, 0.717) is 6.54 Å². The Morgan fingerprint density at radius 2 is 1.67 bits per heavy atom. The van der Waals surface area contributed by atoms with Gasteiger partial charge in [0.1, 0.15) is 0 Å². The van der Waals surface area contributed by atoms with E-state index in [0.717, 1.165) is 65.3 Å². The van der Waals surface area contributed by atoms with E-state index in [2.05, 4.69) is 26.3 Å². The van der Waals surface area contributed by atoms with Crippen LogP contribution in [0.1, 0.15) is 28.2 Å². The van der Waals surface area contributed by atoms with E-state index >= 15 is 0 Å². The second-order valence-electron chi connectivity index (χ2n) is 8.30. The third-order valence-electron chi connectivity index (χ3n) is 5.50. The summed E-state index contributed by atoms with van der Waals surface area (Å²) < 4.78 is 72.0. The highest BCUT2D eigenvalue weighted by Crippen LogP contribution is 2.27. The van der Waals surface area contributed by atoms with Gasteiger partial charge in [0.25, 0.3) is 5.91 Å². The van der Waals surface area contributed by atoms with Crippen molar-refractivity contribution in [2.24, 2.45) is 0 Å². The summed E-state index contributed by atoms with van der Waals surface area (Å²) in [6.45, 7) is 1.42. The fourth-order valence-electron chi connectivity index (χ4n) is 3.58. The first-order valence-electron chi connectivity index (χ1n) is 11.4. The maximum absolute atomic E-state index is 12.0. The van der Waals surface area contributed by atoms with Crippen molar-refractivity contribution >= 4 is 17.5 Å². The van der Waals surface area contributed by atoms with E-state index in [1.807, 2.05) is 30.5 Å². The van der Waals surface area contributed by atoms with Gasteiger partial charge in [0.15, 0.2) is 0 Å². The van der Waals surface area contributed by atoms with Crippen LogP contribution in [0, 0.1) is 0 Å². The number of carbonyl (C=O) groups excluding carboxylic acids is 3. The van der Waals surface area contributed by atoms with Gasteiger partial charge < -0.3 is 15.0 Å². The van der Waals surface area contributed by atoms with Crippen molar-refractivity contribution in [1.82, 2.24) is 20.3 Å². The molecular weight excluding hydrogens is 534 g/mol. The van der Waals surface area contributed by atoms with E-state index in [4.69, 9.17) is 4.74 Å². The maximum Gasteiger partial charge on any atom is 0.458 e. The molecule has 3 aromatic heterocycles. The molecule has 3 aromatic rings. The summed E-state index contributed by atoms with van der Waals surface area (Å²) in [6.07, 6.45) is -5.20. The SMILES string of the molecule is COCCCc1ccc(-c2cc(-c3cc4c([nH]3)CCNC4=O)ccn2)cn1.O=C(C(=O)C(F)(F)F)C(F)(F)F. The minimum Gasteiger partial charge on any atom is -0.385 e. The summed E-state index contributed by atoms with van der Waals surface area (Å²) in [5, 5.41) is 2.88. The minimum atomic E-state index is -5.77. The number of carbonyl (C=O) groups is 3. The molecule has 14 heteroatoms. The average molecular weight is 556 g/mol. The molecule has 0 radical (unpaired) electrons. The van der Waals surface area contributed by atoms with Crippen molar-refractivity contribution in [3.63, 3.8) is 0 Å². The fourth-order valence-corrected chi connectivity index (χ4v) is 3.58. The molecule has 1 amide bonds. The number of hydrogen-bond donors (Lipinski definition) is 2. The van der Waals surface area contributed by atoms with Crippen molar-refractivity contribution in [1.29, 1.82) is 0 Å². The summed E-state index contributed by atoms with van der Waals surface area (Å²) in [5.74, 6) is -6.83. The molecule has 1 aliphatic heterocycles. The van der Waals surface area contributed by atoms with Gasteiger partial charge in [-0.15, -0.1) is 0 Å². The van der Waals surface area contributed by atoms with Crippen molar-refractivity contribution in [3.8, 4) is 22.5 Å². The Bertz CT molecular complexity index is 1310. The third-order valence-corrected chi connectivity index (χ3v) is 5.50. The van der Waals surface area contributed by atoms with E-state index in [9.17, 15) is 40.7 Å². The number of hydrogen-bond acceptors (Lipinski definition) is 6. The van der Waals surface area contributed by atoms with Crippen LogP contribution in [-0.2, 0) is 27.2 Å². The number of halogens is 6. The standard InChI is InChI=1S/C21H22N4O2.C4F6O2/c1-27-10-2-3-16-5-4-15(13-24-16)19-11-14(6-8-22-19)20-12-17-18(25-20)7-9-23-21(17)26;5-3(6,7)1(11)2(12)4(8,9)10/h4-6,8,11-13,25H,2-3,7,9-10H2,1H3,(H,23,26);. The number of nitrogens with one attached hydrogen (secondary N) is 2. The van der Waals surface area contributed by atoms with Gasteiger partial charge in [-0.25, -0.2) is 0 Å². The Hall–Kier alpha value is -4.07. The Kier molecular flexibility index (Phi) is 9.22. The highest BCUT2D eigenvalue weighted by Gasteiger charge is 2.54. The molecule has 0 spiro atoms. The van der Waals surface area contributed by atoms with Gasteiger partial charge in [0.2, 0.25) is 0 Å². The van der Waals surface area contributed by atoms with Crippen LogP contribution in [-0.4, -0.2) is 65.0 Å². The number of nitrogens with zero attached hydrogens (tertiary/aromatic N) is 2. The van der Waals surface area contributed by atoms with E-state index in [1.54, 1.807) is 13.3 Å². The molecule has 8 nitrogen and oxygen atoms in total. The van der Waals surface area contributed by atoms with E-state index in [1.165, 1.54) is 0 Å². The molecule has 0 aliphatic carbocycles. The molecular formula is C25H22F6N4O4. The molecule has 0 unspecified atom stereocenters. The molecule has 0 atom stereocenters. The van der Waals surface area contributed by atoms with Gasteiger partial charge in [-0.2, -0.15) is 26.3 Å². The number of ketones is 2. The number of aryl methyl sites for hydroxylation is 1. The maximum atomic E-state index is 12.0. The van der Waals surface area contributed by atoms with Crippen LogP contribution in [0.25, 0.3) is 22.5 Å². The Balaban J connectivity index is 0.000000298. The molecule has 1 aliphatic rings. The topological polar surface area (TPSA) is 114 Å². The Morgan fingerprint density at radius 1 is 0.974 bits per heavy atom. The zero-order valence-electron chi connectivity index (χ0n) is 20.4. The molecule has 0 saturated heterocycles. The van der Waals surface area contributed by atoms with Crippen LogP contribution >= 0.6 is 0 Å². The van der Waals surface area contributed by atoms with Crippen molar-refractivity contribution in [2.75, 3.05) is 20.3 Å². The summed E-state index contributed by atoms with van der Waals surface area (Å²) >= 11 is 0. The lowest BCUT2D eigenvalue weighted by Gasteiger charge is -2.10. The number of aromatic amines is 1. The van der Waals surface area contributed by atoms with Crippen LogP contribution in [0.4, 0.5) is 26.3 Å². The first kappa shape index (κ1) is 29.5. The minimum absolute atomic E-state index is 0.0127. The van der Waals surface area contributed by atoms with Gasteiger partial charge in [0.05, 0.1) is 11.3 Å². The summed E-state index contributed by atoms with van der Waals surface area (Å²) in [7, 11) is 1.71. The highest BCUT2D eigenvalue weighted by atomic mass is 19.4. The van der Waals surface area contributed by atoms with Crippen LogP contribution in [0.2, 0.25) is 0 Å². The molecule has 0 saturated carbocycles. The Morgan fingerprint density at radius 3 is 2.23 bits per heavy atom. The molecule has 39 heavy (non-hydrogen) atoms. The normalized spacial score (nSPS) is 13.2. The third kappa shape index (κ3) is 7.72. The molecule has 4 rings (SSSR count). The van der Waals surface area contributed by atoms with Crippen molar-refractivity contribution in [2.45, 2.75) is 31.6 Å². The zero-order valence-corrected chi connectivity index (χ0v) is 20.4. The monoisotopic (exact) mass is 556 g/mol. The number of methoxy groups -OCH3 is 1. The molecule has 0 bridgehead atoms. The number of ether oxygens (including phenoxy) is 1. The number of H-pyrrole nitrogens is 1. The summed E-state index contributed by atoms with van der Waals surface area (Å²) in [4.78, 5) is 43.6. The molecule has 2 N–H and O–H groups in total. The van der Waals surface area contributed by atoms with E-state index < -0.39 is 23.9 Å². The zero-order chi connectivity index (χ0) is 28.8. The number of pyridine rings is 2. The lowest BCUT2D eigenvalue weighted by atomic mass is 10.1. The highest BCUT2D eigenvalue weighted by molar-refractivity contribution is 6.41. The van der Waals surface area contributed by atoms with Gasteiger partial charge in [-0.05, 0) is 43.2 Å². The quantitative estimate of drug-likeness (QED) is 0.256. The smallest absolute Gasteiger partial charge is 0.385 e. The lowest BCUT2D eigenvalue weighted by molar-refractivity contribution is -0.193. The van der Waals surface area contributed by atoms with Gasteiger partial charge >= 0.3 is 23.9 Å². The van der Waals surface area contributed by atoms with Gasteiger partial charge in [-0.1, -0.05) is 0 Å². The predicted octanol–water partition coefficient (Wildman–Crippen LogP) is 4.25. The molecule has 0 aromatic carbocycles. The summed E-state index contributed by atoms with van der Waals surface area (Å²) in [5.41, 5.74) is 6.55. The average Bonchev–Trinajstić information content (AvgIpc) is 3.34. The number of alkyl halides is 6. The predicted molar refractivity (Wildman–Crippen MR) is 126 cm³/mol. The van der Waals surface area contributed by atoms with Gasteiger partial charge in [0, 0.05) is 67.3 Å². The lowest BCUT2D eigenvalue weighted by Crippen LogP contribution is -2.39. The van der Waals surface area contributed by atoms with E-state index in [-0.39, 0.29) is 5.91 Å². The number of fused-ring (bicyclic) bond motifs is 1. The number of amides is 1. The molecule has 4 heterocycles. The summed E-state index contributed by atoms with van der Waals surface area (Å²) in [6, 6.07) is 9.98. The largest absolute Gasteiger partial charge is 0.458 e. The van der Waals surface area contributed by atoms with Crippen LogP contribution in [0.5, 0.6) is 0 Å². The van der Waals surface area contributed by atoms with Crippen molar-refractivity contribution < 1.29 is 45.5 Å². The van der Waals surface area contributed by atoms with Gasteiger partial charge in [-0.3, -0.25) is 24.4 Å². The Labute approximate surface area is 217 Å². The fraction of sp³-hybridized carbons (Fsp3) is 0.320. The first-order valence-corrected chi connectivity index (χ1v) is 11.4. The number of Topliss-reactive ketones (excluding diaryl/α,β-unsaturated/α-hetero) is 2. The molecule has 208 valence electrons. The van der Waals surface area contributed by atoms with Crippen LogP contribution in [0.3, 0.4) is 0 Å². The second-order valence-corrected chi connectivity index (χ2v) is 8.30. The van der Waals surface area contributed by atoms with Crippen LogP contribution < -0.4 is 5.32 Å². The number of aromatic nitrogens is 3. The first-order chi connectivity index (χ1) is 18.3. The van der Waals surface area contributed by atoms with Crippen LogP contribution in [0.15, 0.2) is 42.7 Å². The van der Waals surface area contributed by atoms with Crippen molar-refractivity contribution in [3.05, 3.63) is 59.7 Å². The second kappa shape index (κ2) is 12.2. The molecule has 0 fully saturated rings. The number of rotatable bonds is 7.